The van der Waals surface area contributed by atoms with Gasteiger partial charge in [-0.05, 0) is 25.5 Å². The van der Waals surface area contributed by atoms with Crippen LogP contribution in [0.4, 0.5) is 11.4 Å². The summed E-state index contributed by atoms with van der Waals surface area (Å²) in [5, 5.41) is 25.8. The van der Waals surface area contributed by atoms with E-state index in [-0.39, 0.29) is 29.1 Å². The maximum absolute atomic E-state index is 11.9. The van der Waals surface area contributed by atoms with Crippen molar-refractivity contribution >= 4 is 17.3 Å². The van der Waals surface area contributed by atoms with Gasteiger partial charge in [0.2, 0.25) is 5.91 Å². The minimum Gasteiger partial charge on any atom is -0.506 e. The molecule has 2 rings (SSSR count). The lowest BCUT2D eigenvalue weighted by Gasteiger charge is -2.22. The minimum atomic E-state index is -0.603. The number of nitrogens with one attached hydrogen (secondary N) is 2. The highest BCUT2D eigenvalue weighted by atomic mass is 16.6. The van der Waals surface area contributed by atoms with Crippen LogP contribution in [0.5, 0.6) is 5.75 Å². The van der Waals surface area contributed by atoms with E-state index >= 15 is 0 Å². The third-order valence-corrected chi connectivity index (χ3v) is 3.08. The van der Waals surface area contributed by atoms with Crippen LogP contribution in [0.1, 0.15) is 19.3 Å². The van der Waals surface area contributed by atoms with Crippen molar-refractivity contribution in [1.82, 2.24) is 5.32 Å². The van der Waals surface area contributed by atoms with Gasteiger partial charge in [-0.2, -0.15) is 0 Å². The second-order valence-corrected chi connectivity index (χ2v) is 4.45. The van der Waals surface area contributed by atoms with Crippen LogP contribution in [-0.2, 0) is 4.79 Å². The van der Waals surface area contributed by atoms with Gasteiger partial charge >= 0.3 is 0 Å². The number of hydrogen-bond donors (Lipinski definition) is 3. The van der Waals surface area contributed by atoms with E-state index in [0.717, 1.165) is 31.9 Å². The average molecular weight is 265 g/mol. The van der Waals surface area contributed by atoms with E-state index in [1.165, 1.54) is 12.1 Å². The zero-order valence-electron chi connectivity index (χ0n) is 10.3. The van der Waals surface area contributed by atoms with Gasteiger partial charge in [0, 0.05) is 6.07 Å². The molecule has 19 heavy (non-hydrogen) atoms. The first-order valence-electron chi connectivity index (χ1n) is 6.09. The molecule has 1 heterocycles. The Hall–Kier alpha value is -2.15. The smallest absolute Gasteiger partial charge is 0.273 e. The fourth-order valence-corrected chi connectivity index (χ4v) is 2.03. The van der Waals surface area contributed by atoms with Crippen LogP contribution in [0.3, 0.4) is 0 Å². The fraction of sp³-hybridized carbons (Fsp3) is 0.417. The number of aromatic hydroxyl groups is 1. The van der Waals surface area contributed by atoms with Crippen molar-refractivity contribution in [2.45, 2.75) is 25.3 Å². The first kappa shape index (κ1) is 13.3. The van der Waals surface area contributed by atoms with Crippen LogP contribution < -0.4 is 10.6 Å². The van der Waals surface area contributed by atoms with Gasteiger partial charge in [-0.3, -0.25) is 14.9 Å². The van der Waals surface area contributed by atoms with Gasteiger partial charge in [0.15, 0.2) is 0 Å². The number of nitro groups is 1. The highest BCUT2D eigenvalue weighted by Gasteiger charge is 2.21. The first-order chi connectivity index (χ1) is 9.08. The van der Waals surface area contributed by atoms with Crippen molar-refractivity contribution < 1.29 is 14.8 Å². The highest BCUT2D eigenvalue weighted by Crippen LogP contribution is 2.28. The number of non-ortho nitro benzene ring substituents is 1. The number of rotatable bonds is 3. The molecular formula is C12H15N3O4. The van der Waals surface area contributed by atoms with Gasteiger partial charge < -0.3 is 15.7 Å². The molecule has 1 aliphatic heterocycles. The number of carbonyl (C=O) groups excluding carboxylic acids is 1. The third kappa shape index (κ3) is 3.19. The number of piperidine rings is 1. The predicted octanol–water partition coefficient (Wildman–Crippen LogP) is 1.38. The minimum absolute atomic E-state index is 0.183. The lowest BCUT2D eigenvalue weighted by molar-refractivity contribution is -0.384. The summed E-state index contributed by atoms with van der Waals surface area (Å²) < 4.78 is 0. The first-order valence-corrected chi connectivity index (χ1v) is 6.09. The molecular weight excluding hydrogens is 250 g/mol. The number of benzene rings is 1. The maximum atomic E-state index is 11.9. The summed E-state index contributed by atoms with van der Waals surface area (Å²) in [7, 11) is 0. The Morgan fingerprint density at radius 2 is 2.26 bits per heavy atom. The number of nitro benzene ring substituents is 1. The van der Waals surface area contributed by atoms with Crippen LogP contribution in [-0.4, -0.2) is 28.5 Å². The Morgan fingerprint density at radius 3 is 2.84 bits per heavy atom. The molecule has 1 aromatic carbocycles. The van der Waals surface area contributed by atoms with Crippen LogP contribution >= 0.6 is 0 Å². The molecule has 0 saturated carbocycles. The molecule has 1 saturated heterocycles. The van der Waals surface area contributed by atoms with Crippen molar-refractivity contribution in [2.75, 3.05) is 11.9 Å². The number of carbonyl (C=O) groups is 1. The van der Waals surface area contributed by atoms with Gasteiger partial charge in [0.05, 0.1) is 22.7 Å². The second-order valence-electron chi connectivity index (χ2n) is 4.45. The Kier molecular flexibility index (Phi) is 3.96. The van der Waals surface area contributed by atoms with Crippen molar-refractivity contribution in [3.63, 3.8) is 0 Å². The maximum Gasteiger partial charge on any atom is 0.273 e. The lowest BCUT2D eigenvalue weighted by Crippen LogP contribution is -2.43. The van der Waals surface area contributed by atoms with Crippen molar-refractivity contribution in [3.05, 3.63) is 28.3 Å². The summed E-state index contributed by atoms with van der Waals surface area (Å²) in [6.45, 7) is 0.796. The molecule has 1 atom stereocenters. The van der Waals surface area contributed by atoms with Gasteiger partial charge in [-0.1, -0.05) is 6.42 Å². The van der Waals surface area contributed by atoms with E-state index < -0.39 is 4.92 Å². The molecule has 1 amide bonds. The highest BCUT2D eigenvalue weighted by molar-refractivity contribution is 5.96. The molecule has 0 aliphatic carbocycles. The van der Waals surface area contributed by atoms with Gasteiger partial charge in [-0.15, -0.1) is 0 Å². The fourth-order valence-electron chi connectivity index (χ4n) is 2.03. The lowest BCUT2D eigenvalue weighted by atomic mass is 10.0. The molecule has 7 nitrogen and oxygen atoms in total. The van der Waals surface area contributed by atoms with Crippen LogP contribution in [0, 0.1) is 10.1 Å². The topological polar surface area (TPSA) is 104 Å². The number of phenols is 1. The van der Waals surface area contributed by atoms with Gasteiger partial charge in [-0.25, -0.2) is 0 Å². The number of amides is 1. The number of hydrogen-bond acceptors (Lipinski definition) is 5. The molecule has 0 spiro atoms. The Bertz CT molecular complexity index is 498. The van der Waals surface area contributed by atoms with E-state index in [0.29, 0.717) is 0 Å². The summed E-state index contributed by atoms with van der Waals surface area (Å²) in [4.78, 5) is 21.8. The van der Waals surface area contributed by atoms with Crippen LogP contribution in [0.25, 0.3) is 0 Å². The number of anilines is 1. The number of nitrogens with zero attached hydrogens (tertiary/aromatic N) is 1. The van der Waals surface area contributed by atoms with Gasteiger partial charge in [0.1, 0.15) is 5.75 Å². The quantitative estimate of drug-likeness (QED) is 0.435. The zero-order chi connectivity index (χ0) is 13.8. The molecule has 0 radical (unpaired) electrons. The summed E-state index contributed by atoms with van der Waals surface area (Å²) in [6, 6.07) is 3.31. The van der Waals surface area contributed by atoms with Crippen molar-refractivity contribution in [2.24, 2.45) is 0 Å². The molecule has 102 valence electrons. The SMILES string of the molecule is O=C(Nc1ccc([N+](=O)[O-])cc1O)[C@@H]1CCCCN1. The van der Waals surface area contributed by atoms with Gasteiger partial charge in [0.25, 0.3) is 5.69 Å². The number of phenolic OH excluding ortho intramolecular Hbond substituents is 1. The Labute approximate surface area is 109 Å². The third-order valence-electron chi connectivity index (χ3n) is 3.08. The van der Waals surface area contributed by atoms with E-state index in [1.54, 1.807) is 0 Å². The molecule has 0 unspecified atom stereocenters. The normalized spacial score (nSPS) is 18.8. The standard InChI is InChI=1S/C12H15N3O4/c16-11-7-8(15(18)19)4-5-9(11)14-12(17)10-3-1-2-6-13-10/h4-5,7,10,13,16H,1-3,6H2,(H,14,17)/t10-/m0/s1. The Balaban J connectivity index is 2.06. The monoisotopic (exact) mass is 265 g/mol. The van der Waals surface area contributed by atoms with Crippen LogP contribution in [0.15, 0.2) is 18.2 Å². The molecule has 3 N–H and O–H groups in total. The van der Waals surface area contributed by atoms with Crippen LogP contribution in [0.2, 0.25) is 0 Å². The molecule has 0 bridgehead atoms. The predicted molar refractivity (Wildman–Crippen MR) is 69.0 cm³/mol. The Morgan fingerprint density at radius 1 is 1.47 bits per heavy atom. The zero-order valence-corrected chi connectivity index (χ0v) is 10.3. The van der Waals surface area contributed by atoms with E-state index in [2.05, 4.69) is 10.6 Å². The molecule has 1 aromatic rings. The second kappa shape index (κ2) is 5.66. The van der Waals surface area contributed by atoms with Crippen molar-refractivity contribution in [3.8, 4) is 5.75 Å². The average Bonchev–Trinajstić information content (AvgIpc) is 2.41. The van der Waals surface area contributed by atoms with Crippen molar-refractivity contribution in [1.29, 1.82) is 0 Å². The largest absolute Gasteiger partial charge is 0.506 e. The summed E-state index contributed by atoms with van der Waals surface area (Å²) in [5.41, 5.74) is -0.0331. The summed E-state index contributed by atoms with van der Waals surface area (Å²) >= 11 is 0. The summed E-state index contributed by atoms with van der Waals surface area (Å²) in [6.07, 6.45) is 2.78. The molecule has 1 aliphatic rings. The van der Waals surface area contributed by atoms with E-state index in [1.807, 2.05) is 0 Å². The van der Waals surface area contributed by atoms with E-state index in [9.17, 15) is 20.0 Å². The van der Waals surface area contributed by atoms with E-state index in [4.69, 9.17) is 0 Å². The summed E-state index contributed by atoms with van der Waals surface area (Å²) in [5.74, 6) is -0.540. The molecule has 0 aromatic heterocycles. The molecule has 1 fully saturated rings. The molecule has 7 heteroatoms.